The van der Waals surface area contributed by atoms with Gasteiger partial charge in [-0.15, -0.1) is 0 Å². The second-order valence-electron chi connectivity index (χ2n) is 7.10. The monoisotopic (exact) mass is 364 g/mol. The number of ether oxygens (including phenoxy) is 1. The Bertz CT molecular complexity index is 677. The Morgan fingerprint density at radius 2 is 2.27 bits per heavy atom. The van der Waals surface area contributed by atoms with Crippen LogP contribution in [0.5, 0.6) is 0 Å². The number of aromatic nitrogens is 2. The van der Waals surface area contributed by atoms with Crippen molar-refractivity contribution < 1.29 is 24.2 Å². The maximum Gasteiger partial charge on any atom is 0.290 e. The van der Waals surface area contributed by atoms with Gasteiger partial charge in [0.25, 0.3) is 6.47 Å². The van der Waals surface area contributed by atoms with E-state index in [1.54, 1.807) is 23.1 Å². The summed E-state index contributed by atoms with van der Waals surface area (Å²) in [6.07, 6.45) is 4.51. The molecule has 1 aromatic heterocycles. The lowest BCUT2D eigenvalue weighted by molar-refractivity contribution is -0.142. The van der Waals surface area contributed by atoms with Crippen LogP contribution in [0.1, 0.15) is 26.7 Å². The third-order valence-corrected chi connectivity index (χ3v) is 5.43. The minimum atomic E-state index is -0.591. The number of likely N-dealkylation sites (tertiary alicyclic amines) is 1. The van der Waals surface area contributed by atoms with E-state index < -0.39 is 5.72 Å². The molecule has 1 spiro atoms. The van der Waals surface area contributed by atoms with Crippen molar-refractivity contribution in [2.45, 2.75) is 51.0 Å². The third kappa shape index (κ3) is 2.86. The van der Waals surface area contributed by atoms with Crippen molar-refractivity contribution in [1.29, 1.82) is 0 Å². The van der Waals surface area contributed by atoms with Crippen molar-refractivity contribution in [3.8, 4) is 0 Å². The van der Waals surface area contributed by atoms with Crippen LogP contribution in [0.15, 0.2) is 18.5 Å². The van der Waals surface area contributed by atoms with Crippen LogP contribution >= 0.6 is 0 Å². The molecule has 3 atom stereocenters. The first-order valence-electron chi connectivity index (χ1n) is 8.75. The maximum absolute atomic E-state index is 12.6. The Labute approximate surface area is 151 Å². The molecule has 9 heteroatoms. The second-order valence-corrected chi connectivity index (χ2v) is 7.10. The third-order valence-electron chi connectivity index (χ3n) is 5.43. The predicted molar refractivity (Wildman–Crippen MR) is 89.8 cm³/mol. The van der Waals surface area contributed by atoms with E-state index in [0.29, 0.717) is 31.9 Å². The quantitative estimate of drug-likeness (QED) is 0.767. The minimum absolute atomic E-state index is 0.00169. The lowest BCUT2D eigenvalue weighted by Crippen LogP contribution is -2.51. The van der Waals surface area contributed by atoms with Gasteiger partial charge < -0.3 is 19.6 Å². The molecule has 3 saturated heterocycles. The smallest absolute Gasteiger partial charge is 0.290 e. The minimum Gasteiger partial charge on any atom is -0.483 e. The predicted octanol–water partition coefficient (Wildman–Crippen LogP) is 0.168. The molecule has 0 radical (unpaired) electrons. The van der Waals surface area contributed by atoms with Gasteiger partial charge in [-0.3, -0.25) is 19.1 Å². The van der Waals surface area contributed by atoms with Crippen LogP contribution in [0.25, 0.3) is 0 Å². The lowest BCUT2D eigenvalue weighted by atomic mass is 10.0. The summed E-state index contributed by atoms with van der Waals surface area (Å²) in [6.45, 7) is 5.40. The fraction of sp³-hybridized carbons (Fsp3) is 0.647. The molecule has 0 bridgehead atoms. The summed E-state index contributed by atoms with van der Waals surface area (Å²) in [5.74, 6) is 0.468. The fourth-order valence-electron chi connectivity index (χ4n) is 4.29. The molecule has 9 nitrogen and oxygen atoms in total. The van der Waals surface area contributed by atoms with Crippen molar-refractivity contribution in [3.05, 3.63) is 18.5 Å². The van der Waals surface area contributed by atoms with Crippen LogP contribution < -0.4 is 0 Å². The van der Waals surface area contributed by atoms with Crippen LogP contribution in [-0.2, 0) is 25.7 Å². The van der Waals surface area contributed by atoms with Crippen LogP contribution in [0.4, 0.5) is 0 Å². The topological polar surface area (TPSA) is 105 Å². The summed E-state index contributed by atoms with van der Waals surface area (Å²) in [5.41, 5.74) is -0.591. The number of hydrogen-bond acceptors (Lipinski definition) is 5. The summed E-state index contributed by atoms with van der Waals surface area (Å²) < 4.78 is 7.76. The van der Waals surface area contributed by atoms with E-state index in [2.05, 4.69) is 18.9 Å². The number of carbonyl (C=O) groups excluding carboxylic acids is 2. The Morgan fingerprint density at radius 3 is 2.88 bits per heavy atom. The molecule has 3 aliphatic rings. The van der Waals surface area contributed by atoms with Crippen LogP contribution in [0.3, 0.4) is 0 Å². The molecule has 1 aromatic rings. The van der Waals surface area contributed by atoms with E-state index >= 15 is 0 Å². The van der Waals surface area contributed by atoms with E-state index in [4.69, 9.17) is 14.6 Å². The second kappa shape index (κ2) is 7.06. The molecular weight excluding hydrogens is 340 g/mol. The van der Waals surface area contributed by atoms with Crippen LogP contribution in [0.2, 0.25) is 0 Å². The highest BCUT2D eigenvalue weighted by Crippen LogP contribution is 2.48. The standard InChI is InChI=1S/C16H22N4O3.CH2O2/c1-11(2)12-10-23-16-4-7-19(13(16)8-14(21)20(12)16)15(22)9-18-6-3-5-17-18;2-1-3/h3,5-6,11-13H,4,7-10H2,1-2H3;1H,(H,2,3)/t12-,13+,16-;/m0./s1. The van der Waals surface area contributed by atoms with E-state index in [1.807, 2.05) is 9.80 Å². The van der Waals surface area contributed by atoms with Gasteiger partial charge in [0.05, 0.1) is 25.1 Å². The Balaban J connectivity index is 0.000000613. The first kappa shape index (κ1) is 18.4. The number of hydrogen-bond donors (Lipinski definition) is 1. The molecule has 142 valence electrons. The van der Waals surface area contributed by atoms with Gasteiger partial charge in [0.2, 0.25) is 11.8 Å². The summed E-state index contributed by atoms with van der Waals surface area (Å²) >= 11 is 0. The van der Waals surface area contributed by atoms with Gasteiger partial charge in [0.15, 0.2) is 5.72 Å². The van der Waals surface area contributed by atoms with Gasteiger partial charge in [-0.1, -0.05) is 13.8 Å². The summed E-state index contributed by atoms with van der Waals surface area (Å²) in [6, 6.07) is 1.75. The van der Waals surface area contributed by atoms with E-state index in [-0.39, 0.29) is 36.9 Å². The Kier molecular flexibility index (Phi) is 4.99. The highest BCUT2D eigenvalue weighted by Gasteiger charge is 2.65. The first-order chi connectivity index (χ1) is 12.4. The fourth-order valence-corrected chi connectivity index (χ4v) is 4.29. The largest absolute Gasteiger partial charge is 0.483 e. The van der Waals surface area contributed by atoms with Crippen LogP contribution in [0, 0.1) is 5.92 Å². The Morgan fingerprint density at radius 1 is 1.54 bits per heavy atom. The average molecular weight is 364 g/mol. The molecule has 0 aliphatic carbocycles. The molecule has 1 N–H and O–H groups in total. The molecule has 3 fully saturated rings. The molecule has 2 amide bonds. The molecule has 26 heavy (non-hydrogen) atoms. The zero-order chi connectivity index (χ0) is 18.9. The number of amides is 2. The van der Waals surface area contributed by atoms with E-state index in [1.165, 1.54) is 0 Å². The molecule has 0 saturated carbocycles. The molecule has 3 aliphatic heterocycles. The average Bonchev–Trinajstić information content (AvgIpc) is 3.31. The maximum atomic E-state index is 12.6. The molecule has 4 rings (SSSR count). The highest BCUT2D eigenvalue weighted by molar-refractivity contribution is 5.85. The van der Waals surface area contributed by atoms with Crippen molar-refractivity contribution >= 4 is 18.3 Å². The number of carboxylic acid groups (broad SMARTS) is 1. The van der Waals surface area contributed by atoms with Gasteiger partial charge in [-0.2, -0.15) is 5.10 Å². The van der Waals surface area contributed by atoms with Crippen molar-refractivity contribution in [1.82, 2.24) is 19.6 Å². The van der Waals surface area contributed by atoms with E-state index in [9.17, 15) is 9.59 Å². The van der Waals surface area contributed by atoms with Gasteiger partial charge in [0, 0.05) is 25.4 Å². The van der Waals surface area contributed by atoms with Crippen LogP contribution in [-0.4, -0.2) is 73.9 Å². The van der Waals surface area contributed by atoms with Crippen molar-refractivity contribution in [2.75, 3.05) is 13.2 Å². The zero-order valence-electron chi connectivity index (χ0n) is 14.9. The SMILES string of the molecule is CC(C)[C@@H]1CO[C@@]23CCN(C(=O)Cn4cccn4)[C@@H]2CC(=O)N13.O=CO. The summed E-state index contributed by atoms with van der Waals surface area (Å²) in [4.78, 5) is 37.3. The molecule has 4 heterocycles. The normalized spacial score (nSPS) is 29.4. The van der Waals surface area contributed by atoms with Gasteiger partial charge >= 0.3 is 0 Å². The number of nitrogens with zero attached hydrogens (tertiary/aromatic N) is 4. The molecule has 0 aromatic carbocycles. The first-order valence-corrected chi connectivity index (χ1v) is 8.75. The number of carbonyl (C=O) groups is 3. The molecule has 0 unspecified atom stereocenters. The molecular formula is C17H24N4O5. The summed E-state index contributed by atoms with van der Waals surface area (Å²) in [5, 5.41) is 11.0. The van der Waals surface area contributed by atoms with Crippen molar-refractivity contribution in [3.63, 3.8) is 0 Å². The van der Waals surface area contributed by atoms with Gasteiger partial charge in [-0.25, -0.2) is 0 Å². The van der Waals surface area contributed by atoms with Gasteiger partial charge in [0.1, 0.15) is 6.54 Å². The Hall–Kier alpha value is -2.42. The van der Waals surface area contributed by atoms with Crippen molar-refractivity contribution in [2.24, 2.45) is 5.92 Å². The highest BCUT2D eigenvalue weighted by atomic mass is 16.5. The summed E-state index contributed by atoms with van der Waals surface area (Å²) in [7, 11) is 0. The van der Waals surface area contributed by atoms with Gasteiger partial charge in [-0.05, 0) is 12.0 Å². The lowest BCUT2D eigenvalue weighted by Gasteiger charge is -2.34. The van der Waals surface area contributed by atoms with E-state index in [0.717, 1.165) is 0 Å². The number of rotatable bonds is 3. The zero-order valence-corrected chi connectivity index (χ0v) is 14.9.